The Bertz CT molecular complexity index is 1470. The number of halogens is 1. The first-order valence-electron chi connectivity index (χ1n) is 11.2. The van der Waals surface area contributed by atoms with Crippen molar-refractivity contribution >= 4 is 17.0 Å². The highest BCUT2D eigenvalue weighted by atomic mass is 19.1. The van der Waals surface area contributed by atoms with Crippen LogP contribution in [0.5, 0.6) is 0 Å². The lowest BCUT2D eigenvalue weighted by molar-refractivity contribution is -0.121. The SMILES string of the molecule is O=C(Cn1c(=O)oc2ccccc21)NCC1CCc2nc(-c3ccc(F)cc3)[nH]c(=O)c2CC1. The number of carbonyl (C=O) groups is 1. The molecule has 1 unspecified atom stereocenters. The van der Waals surface area contributed by atoms with Crippen molar-refractivity contribution in [1.82, 2.24) is 19.9 Å². The Balaban J connectivity index is 1.23. The van der Waals surface area contributed by atoms with Crippen LogP contribution in [0.4, 0.5) is 4.39 Å². The molecule has 0 fully saturated rings. The number of H-pyrrole nitrogens is 1. The predicted molar refractivity (Wildman–Crippen MR) is 124 cm³/mol. The summed E-state index contributed by atoms with van der Waals surface area (Å²) < 4.78 is 19.7. The fourth-order valence-corrected chi connectivity index (χ4v) is 4.41. The van der Waals surface area contributed by atoms with Crippen molar-refractivity contribution < 1.29 is 13.6 Å². The lowest BCUT2D eigenvalue weighted by Gasteiger charge is -2.14. The zero-order chi connectivity index (χ0) is 23.7. The van der Waals surface area contributed by atoms with E-state index in [0.717, 1.165) is 18.5 Å². The minimum Gasteiger partial charge on any atom is -0.408 e. The van der Waals surface area contributed by atoms with Gasteiger partial charge in [-0.1, -0.05) is 12.1 Å². The molecule has 0 saturated carbocycles. The van der Waals surface area contributed by atoms with E-state index in [9.17, 15) is 18.8 Å². The molecule has 4 aromatic rings. The molecule has 0 saturated heterocycles. The molecule has 1 amide bonds. The minimum absolute atomic E-state index is 0.120. The number of benzene rings is 2. The molecule has 2 N–H and O–H groups in total. The van der Waals surface area contributed by atoms with Crippen LogP contribution in [0.2, 0.25) is 0 Å². The summed E-state index contributed by atoms with van der Waals surface area (Å²) >= 11 is 0. The van der Waals surface area contributed by atoms with E-state index in [0.29, 0.717) is 47.4 Å². The summed E-state index contributed by atoms with van der Waals surface area (Å²) in [6.07, 6.45) is 2.68. The van der Waals surface area contributed by atoms with Crippen LogP contribution in [-0.2, 0) is 24.2 Å². The van der Waals surface area contributed by atoms with E-state index in [-0.39, 0.29) is 29.7 Å². The molecule has 34 heavy (non-hydrogen) atoms. The van der Waals surface area contributed by atoms with Gasteiger partial charge in [-0.15, -0.1) is 0 Å². The maximum absolute atomic E-state index is 13.2. The Morgan fingerprint density at radius 2 is 1.88 bits per heavy atom. The van der Waals surface area contributed by atoms with E-state index in [1.807, 2.05) is 0 Å². The van der Waals surface area contributed by atoms with Crippen molar-refractivity contribution in [2.75, 3.05) is 6.54 Å². The molecule has 1 atom stereocenters. The molecule has 1 aliphatic carbocycles. The third-order valence-corrected chi connectivity index (χ3v) is 6.27. The van der Waals surface area contributed by atoms with E-state index >= 15 is 0 Å². The van der Waals surface area contributed by atoms with Gasteiger partial charge in [0, 0.05) is 17.7 Å². The van der Waals surface area contributed by atoms with Crippen LogP contribution in [-0.4, -0.2) is 27.0 Å². The highest BCUT2D eigenvalue weighted by Gasteiger charge is 2.21. The highest BCUT2D eigenvalue weighted by molar-refractivity contribution is 5.79. The highest BCUT2D eigenvalue weighted by Crippen LogP contribution is 2.23. The number of rotatable bonds is 5. The van der Waals surface area contributed by atoms with E-state index < -0.39 is 5.76 Å². The topological polar surface area (TPSA) is 110 Å². The second-order valence-electron chi connectivity index (χ2n) is 8.52. The number of hydrogen-bond donors (Lipinski definition) is 2. The first-order chi connectivity index (χ1) is 16.5. The smallest absolute Gasteiger partial charge is 0.408 e. The summed E-state index contributed by atoms with van der Waals surface area (Å²) in [5.74, 6) is -0.594. The molecule has 1 aliphatic rings. The van der Waals surface area contributed by atoms with E-state index in [1.165, 1.54) is 16.7 Å². The van der Waals surface area contributed by atoms with Crippen LogP contribution in [0.1, 0.15) is 24.1 Å². The van der Waals surface area contributed by atoms with Gasteiger partial charge in [-0.05, 0) is 68.0 Å². The quantitative estimate of drug-likeness (QED) is 0.443. The van der Waals surface area contributed by atoms with Gasteiger partial charge in [-0.25, -0.2) is 14.2 Å². The Morgan fingerprint density at radius 3 is 2.71 bits per heavy atom. The van der Waals surface area contributed by atoms with Gasteiger partial charge >= 0.3 is 5.76 Å². The van der Waals surface area contributed by atoms with Crippen LogP contribution in [0.3, 0.4) is 0 Å². The maximum atomic E-state index is 13.2. The van der Waals surface area contributed by atoms with Gasteiger partial charge in [-0.3, -0.25) is 14.2 Å². The molecule has 0 radical (unpaired) electrons. The molecule has 2 aromatic heterocycles. The molecule has 5 rings (SSSR count). The number of oxazole rings is 1. The number of carbonyl (C=O) groups excluding carboxylic acids is 1. The van der Waals surface area contributed by atoms with E-state index in [4.69, 9.17) is 4.42 Å². The molecule has 0 bridgehead atoms. The van der Waals surface area contributed by atoms with Crippen molar-refractivity contribution in [2.45, 2.75) is 32.2 Å². The number of aromatic amines is 1. The maximum Gasteiger partial charge on any atom is 0.420 e. The molecular weight excluding hydrogens is 439 g/mol. The summed E-state index contributed by atoms with van der Waals surface area (Å²) in [6, 6.07) is 12.8. The summed E-state index contributed by atoms with van der Waals surface area (Å²) in [4.78, 5) is 44.7. The van der Waals surface area contributed by atoms with Crippen molar-refractivity contribution in [2.24, 2.45) is 5.92 Å². The number of nitrogens with zero attached hydrogens (tertiary/aromatic N) is 2. The lowest BCUT2D eigenvalue weighted by Crippen LogP contribution is -2.34. The molecule has 9 heteroatoms. The summed E-state index contributed by atoms with van der Waals surface area (Å²) in [5, 5.41) is 2.91. The summed E-state index contributed by atoms with van der Waals surface area (Å²) in [6.45, 7) is 0.325. The van der Waals surface area contributed by atoms with E-state index in [1.54, 1.807) is 36.4 Å². The third-order valence-electron chi connectivity index (χ3n) is 6.27. The van der Waals surface area contributed by atoms with Crippen LogP contribution in [0.25, 0.3) is 22.5 Å². The number of fused-ring (bicyclic) bond motifs is 2. The zero-order valence-electron chi connectivity index (χ0n) is 18.3. The lowest BCUT2D eigenvalue weighted by atomic mass is 10.00. The number of para-hydroxylation sites is 2. The molecule has 2 aromatic carbocycles. The van der Waals surface area contributed by atoms with Crippen molar-refractivity contribution in [3.8, 4) is 11.4 Å². The fraction of sp³-hybridized carbons (Fsp3) is 0.280. The zero-order valence-corrected chi connectivity index (χ0v) is 18.3. The largest absolute Gasteiger partial charge is 0.420 e. The average molecular weight is 462 g/mol. The van der Waals surface area contributed by atoms with Crippen molar-refractivity contribution in [1.29, 1.82) is 0 Å². The normalized spacial score (nSPS) is 15.6. The van der Waals surface area contributed by atoms with E-state index in [2.05, 4.69) is 15.3 Å². The number of nitrogens with one attached hydrogen (secondary N) is 2. The minimum atomic E-state index is -0.566. The Kier molecular flexibility index (Phi) is 5.83. The van der Waals surface area contributed by atoms with Gasteiger partial charge in [0.05, 0.1) is 11.2 Å². The van der Waals surface area contributed by atoms with Gasteiger partial charge in [0.25, 0.3) is 5.56 Å². The third kappa shape index (κ3) is 4.41. The monoisotopic (exact) mass is 462 g/mol. The summed E-state index contributed by atoms with van der Waals surface area (Å²) in [5.41, 5.74) is 2.90. The van der Waals surface area contributed by atoms with Crippen LogP contribution in [0.15, 0.2) is 62.5 Å². The van der Waals surface area contributed by atoms with Gasteiger partial charge in [-0.2, -0.15) is 0 Å². The molecule has 0 aliphatic heterocycles. The Hall–Kier alpha value is -4.01. The van der Waals surface area contributed by atoms with Crippen molar-refractivity contribution in [3.05, 3.63) is 86.5 Å². The van der Waals surface area contributed by atoms with Gasteiger partial charge in [0.15, 0.2) is 5.58 Å². The Labute approximate surface area is 193 Å². The average Bonchev–Trinajstić information content (AvgIpc) is 3.00. The molecule has 174 valence electrons. The first kappa shape index (κ1) is 21.8. The number of hydrogen-bond acceptors (Lipinski definition) is 5. The van der Waals surface area contributed by atoms with Crippen molar-refractivity contribution in [3.63, 3.8) is 0 Å². The van der Waals surface area contributed by atoms with Crippen LogP contribution in [0, 0.1) is 11.7 Å². The molecule has 0 spiro atoms. The second-order valence-corrected chi connectivity index (χ2v) is 8.52. The van der Waals surface area contributed by atoms with Crippen LogP contribution >= 0.6 is 0 Å². The van der Waals surface area contributed by atoms with Gasteiger partial charge in [0.1, 0.15) is 18.2 Å². The number of aryl methyl sites for hydroxylation is 1. The molecule has 2 heterocycles. The van der Waals surface area contributed by atoms with Crippen LogP contribution < -0.4 is 16.6 Å². The first-order valence-corrected chi connectivity index (χ1v) is 11.2. The predicted octanol–water partition coefficient (Wildman–Crippen LogP) is 2.80. The molecule has 8 nitrogen and oxygen atoms in total. The fourth-order valence-electron chi connectivity index (χ4n) is 4.41. The standard InChI is InChI=1S/C25H23FN4O4/c26-17-9-7-16(8-10-17)23-28-19-12-6-15(5-11-18(19)24(32)29-23)13-27-22(31)14-30-20-3-1-2-4-21(20)34-25(30)33/h1-4,7-10,15H,5-6,11-14H2,(H,27,31)(H,28,29,32). The summed E-state index contributed by atoms with van der Waals surface area (Å²) in [7, 11) is 0. The van der Waals surface area contributed by atoms with Gasteiger partial charge in [0.2, 0.25) is 5.91 Å². The number of aromatic nitrogens is 3. The van der Waals surface area contributed by atoms with Gasteiger partial charge < -0.3 is 14.7 Å². The molecular formula is C25H23FN4O4. The number of amides is 1. The second kappa shape index (κ2) is 9.09. The Morgan fingerprint density at radius 1 is 1.12 bits per heavy atom.